The third-order valence-corrected chi connectivity index (χ3v) is 5.05. The number of furan rings is 1. The molecule has 0 radical (unpaired) electrons. The molecular weight excluding hydrogens is 368 g/mol. The summed E-state index contributed by atoms with van der Waals surface area (Å²) in [6, 6.07) is 11.6. The second kappa shape index (κ2) is 8.96. The van der Waals surface area contributed by atoms with E-state index >= 15 is 0 Å². The zero-order valence-electron chi connectivity index (χ0n) is 16.6. The summed E-state index contributed by atoms with van der Waals surface area (Å²) in [5.41, 5.74) is 1.86. The van der Waals surface area contributed by atoms with Gasteiger partial charge in [0, 0.05) is 0 Å². The number of nitrogens with zero attached hydrogens (tertiary/aromatic N) is 3. The Balaban J connectivity index is 1.29. The van der Waals surface area contributed by atoms with Gasteiger partial charge < -0.3 is 14.5 Å². The molecule has 4 rings (SSSR count). The van der Waals surface area contributed by atoms with Gasteiger partial charge in [0.15, 0.2) is 12.5 Å². The molecule has 0 aliphatic carbocycles. The third-order valence-electron chi connectivity index (χ3n) is 5.05. The minimum absolute atomic E-state index is 0.266. The van der Waals surface area contributed by atoms with E-state index in [1.54, 1.807) is 23.1 Å². The molecule has 7 nitrogen and oxygen atoms in total. The smallest absolute Gasteiger partial charge is 0.291 e. The number of aryl methyl sites for hydroxylation is 1. The van der Waals surface area contributed by atoms with E-state index in [4.69, 9.17) is 9.15 Å². The quantitative estimate of drug-likeness (QED) is 0.627. The highest BCUT2D eigenvalue weighted by molar-refractivity contribution is 6.02. The highest BCUT2D eigenvalue weighted by Gasteiger charge is 2.16. The number of nitrogens with one attached hydrogen (secondary N) is 1. The van der Waals surface area contributed by atoms with Crippen LogP contribution < -0.4 is 10.1 Å². The first kappa shape index (κ1) is 19.3. The van der Waals surface area contributed by atoms with Crippen molar-refractivity contribution in [1.82, 2.24) is 14.7 Å². The van der Waals surface area contributed by atoms with Crippen LogP contribution in [0.2, 0.25) is 0 Å². The maximum absolute atomic E-state index is 12.4. The van der Waals surface area contributed by atoms with Crippen molar-refractivity contribution in [2.75, 3.05) is 18.4 Å². The number of likely N-dealkylation sites (tertiary alicyclic amines) is 1. The molecule has 2 aromatic heterocycles. The highest BCUT2D eigenvalue weighted by atomic mass is 16.5. The Labute approximate surface area is 170 Å². The van der Waals surface area contributed by atoms with Gasteiger partial charge >= 0.3 is 0 Å². The number of anilines is 1. The van der Waals surface area contributed by atoms with E-state index in [9.17, 15) is 4.79 Å². The van der Waals surface area contributed by atoms with Crippen LogP contribution in [0.1, 0.15) is 41.6 Å². The normalized spacial score (nSPS) is 14.2. The fourth-order valence-corrected chi connectivity index (χ4v) is 3.40. The van der Waals surface area contributed by atoms with E-state index in [1.165, 1.54) is 18.4 Å². The van der Waals surface area contributed by atoms with E-state index in [1.807, 2.05) is 30.3 Å². The molecule has 3 heterocycles. The fraction of sp³-hybridized carbons (Fsp3) is 0.364. The van der Waals surface area contributed by atoms with Crippen molar-refractivity contribution in [3.05, 3.63) is 65.9 Å². The molecule has 0 unspecified atom stereocenters. The van der Waals surface area contributed by atoms with Gasteiger partial charge in [0.2, 0.25) is 0 Å². The van der Waals surface area contributed by atoms with E-state index in [2.05, 4.69) is 22.2 Å². The standard InChI is InChI=1S/C22H26N4O3/c1-2-17-5-7-19(8-6-17)28-16-26-14-18(13-23-26)24-22(27)21-10-9-20(29-21)15-25-11-3-4-12-25/h5-10,13-14H,2-4,11-12,15-16H2,1H3,(H,24,27). The molecule has 7 heteroatoms. The Morgan fingerprint density at radius 1 is 1.17 bits per heavy atom. The van der Waals surface area contributed by atoms with Crippen molar-refractivity contribution in [3.63, 3.8) is 0 Å². The molecule has 3 aromatic rings. The van der Waals surface area contributed by atoms with Crippen molar-refractivity contribution in [3.8, 4) is 5.75 Å². The molecular formula is C22H26N4O3. The molecule has 0 saturated carbocycles. The van der Waals surface area contributed by atoms with Crippen LogP contribution in [0.5, 0.6) is 5.75 Å². The summed E-state index contributed by atoms with van der Waals surface area (Å²) in [7, 11) is 0. The molecule has 1 aliphatic heterocycles. The van der Waals surface area contributed by atoms with Gasteiger partial charge in [-0.2, -0.15) is 5.10 Å². The van der Waals surface area contributed by atoms with Crippen molar-refractivity contribution >= 4 is 11.6 Å². The summed E-state index contributed by atoms with van der Waals surface area (Å²) in [4.78, 5) is 14.8. The van der Waals surface area contributed by atoms with Gasteiger partial charge in [-0.15, -0.1) is 0 Å². The lowest BCUT2D eigenvalue weighted by molar-refractivity contribution is 0.0993. The third kappa shape index (κ3) is 5.06. The summed E-state index contributed by atoms with van der Waals surface area (Å²) in [5, 5.41) is 7.04. The van der Waals surface area contributed by atoms with Crippen LogP contribution in [0.4, 0.5) is 5.69 Å². The molecule has 1 fully saturated rings. The Bertz CT molecular complexity index is 939. The summed E-state index contributed by atoms with van der Waals surface area (Å²) < 4.78 is 13.1. The van der Waals surface area contributed by atoms with Crippen LogP contribution in [0.15, 0.2) is 53.2 Å². The van der Waals surface area contributed by atoms with Crippen LogP contribution in [0.3, 0.4) is 0 Å². The SMILES string of the molecule is CCc1ccc(OCn2cc(NC(=O)c3ccc(CN4CCCC4)o3)cn2)cc1. The maximum atomic E-state index is 12.4. The predicted molar refractivity (Wildman–Crippen MR) is 110 cm³/mol. The number of amides is 1. The molecule has 0 atom stereocenters. The number of hydrogen-bond acceptors (Lipinski definition) is 5. The molecule has 0 spiro atoms. The van der Waals surface area contributed by atoms with Crippen LogP contribution in [-0.4, -0.2) is 33.7 Å². The zero-order chi connectivity index (χ0) is 20.1. The van der Waals surface area contributed by atoms with E-state index < -0.39 is 0 Å². The van der Waals surface area contributed by atoms with E-state index in [-0.39, 0.29) is 12.6 Å². The van der Waals surface area contributed by atoms with Crippen molar-refractivity contribution in [1.29, 1.82) is 0 Å². The second-order valence-electron chi connectivity index (χ2n) is 7.24. The monoisotopic (exact) mass is 394 g/mol. The molecule has 1 amide bonds. The number of rotatable bonds is 8. The van der Waals surface area contributed by atoms with Gasteiger partial charge in [0.05, 0.1) is 24.6 Å². The molecule has 1 N–H and O–H groups in total. The Kier molecular flexibility index (Phi) is 5.95. The van der Waals surface area contributed by atoms with Gasteiger partial charge in [-0.05, 0) is 62.2 Å². The van der Waals surface area contributed by atoms with Crippen LogP contribution in [-0.2, 0) is 19.7 Å². The van der Waals surface area contributed by atoms with Gasteiger partial charge in [0.25, 0.3) is 5.91 Å². The average molecular weight is 394 g/mol. The Morgan fingerprint density at radius 3 is 2.72 bits per heavy atom. The summed E-state index contributed by atoms with van der Waals surface area (Å²) >= 11 is 0. The molecule has 1 aromatic carbocycles. The van der Waals surface area contributed by atoms with Crippen molar-refractivity contribution in [2.24, 2.45) is 0 Å². The van der Waals surface area contributed by atoms with Crippen molar-refractivity contribution in [2.45, 2.75) is 39.5 Å². The first-order valence-electron chi connectivity index (χ1n) is 10.1. The first-order valence-corrected chi connectivity index (χ1v) is 10.1. The Hall–Kier alpha value is -3.06. The lowest BCUT2D eigenvalue weighted by Gasteiger charge is -2.11. The Morgan fingerprint density at radius 2 is 1.97 bits per heavy atom. The molecule has 1 saturated heterocycles. The van der Waals surface area contributed by atoms with E-state index in [0.717, 1.165) is 37.6 Å². The largest absolute Gasteiger partial charge is 0.471 e. The number of ether oxygens (including phenoxy) is 1. The lowest BCUT2D eigenvalue weighted by Crippen LogP contribution is -2.17. The first-order chi connectivity index (χ1) is 14.2. The number of carbonyl (C=O) groups is 1. The predicted octanol–water partition coefficient (Wildman–Crippen LogP) is 3.92. The number of hydrogen-bond donors (Lipinski definition) is 1. The molecule has 0 bridgehead atoms. The molecule has 29 heavy (non-hydrogen) atoms. The number of aromatic nitrogens is 2. The zero-order valence-corrected chi connectivity index (χ0v) is 16.6. The van der Waals surface area contributed by atoms with Gasteiger partial charge in [-0.1, -0.05) is 19.1 Å². The fourth-order valence-electron chi connectivity index (χ4n) is 3.40. The van der Waals surface area contributed by atoms with Crippen LogP contribution in [0.25, 0.3) is 0 Å². The summed E-state index contributed by atoms with van der Waals surface area (Å²) in [6.45, 7) is 5.31. The number of benzene rings is 1. The summed E-state index contributed by atoms with van der Waals surface area (Å²) in [6.07, 6.45) is 6.78. The van der Waals surface area contributed by atoms with Gasteiger partial charge in [-0.25, -0.2) is 4.68 Å². The highest BCUT2D eigenvalue weighted by Crippen LogP contribution is 2.17. The lowest BCUT2D eigenvalue weighted by atomic mass is 10.2. The maximum Gasteiger partial charge on any atom is 0.291 e. The van der Waals surface area contributed by atoms with Gasteiger partial charge in [0.1, 0.15) is 11.5 Å². The topological polar surface area (TPSA) is 72.5 Å². The van der Waals surface area contributed by atoms with E-state index in [0.29, 0.717) is 11.4 Å². The summed E-state index contributed by atoms with van der Waals surface area (Å²) in [5.74, 6) is 1.62. The van der Waals surface area contributed by atoms with Crippen LogP contribution >= 0.6 is 0 Å². The van der Waals surface area contributed by atoms with Crippen LogP contribution in [0, 0.1) is 0 Å². The van der Waals surface area contributed by atoms with Gasteiger partial charge in [-0.3, -0.25) is 9.69 Å². The second-order valence-corrected chi connectivity index (χ2v) is 7.24. The average Bonchev–Trinajstić information content (AvgIpc) is 3.50. The minimum atomic E-state index is -0.284. The minimum Gasteiger partial charge on any atom is -0.471 e. The number of carbonyl (C=O) groups excluding carboxylic acids is 1. The van der Waals surface area contributed by atoms with Crippen molar-refractivity contribution < 1.29 is 13.9 Å². The molecule has 152 valence electrons. The molecule has 1 aliphatic rings.